The zero-order valence-corrected chi connectivity index (χ0v) is 24.5. The number of rotatable bonds is 15. The number of amides is 1. The molecule has 1 rings (SSSR count). The summed E-state index contributed by atoms with van der Waals surface area (Å²) in [5.41, 5.74) is -0.174. The third-order valence-electron chi connectivity index (χ3n) is 6.03. The SMILES string of the molecule is CCC(CC)O[C@@H]1C=C(C(=O)OCCCCCCSC(C)=O)C[C@H](CC(=O)OC(C)(C)C)C1NC(C)=O. The molecular formula is C28H47NO7S. The number of ether oxygens (including phenoxy) is 3. The fourth-order valence-corrected chi connectivity index (χ4v) is 4.92. The standard InChI is InChI=1S/C28H47NO7S/c1-8-23(9-2)35-24-17-22(27(33)34-14-12-10-11-13-15-37-20(4)31)16-21(26(24)29-19(3)30)18-25(32)36-28(5,6)7/h17,21,23-24,26H,8-16,18H2,1-7H3,(H,29,30)/t21-,24-,26?/m1/s1. The van der Waals surface area contributed by atoms with Gasteiger partial charge in [0.05, 0.1) is 31.3 Å². The number of nitrogens with one attached hydrogen (secondary N) is 1. The number of hydrogen-bond acceptors (Lipinski definition) is 8. The molecule has 1 N–H and O–H groups in total. The molecule has 1 aliphatic carbocycles. The molecular weight excluding hydrogens is 494 g/mol. The molecule has 0 spiro atoms. The summed E-state index contributed by atoms with van der Waals surface area (Å²) in [6.45, 7) is 12.8. The summed E-state index contributed by atoms with van der Waals surface area (Å²) in [4.78, 5) is 48.7. The maximum absolute atomic E-state index is 13.0. The highest BCUT2D eigenvalue weighted by Crippen LogP contribution is 2.32. The Balaban J connectivity index is 2.92. The molecule has 0 aromatic heterocycles. The Labute approximate surface area is 227 Å². The zero-order valence-electron chi connectivity index (χ0n) is 23.7. The van der Waals surface area contributed by atoms with Gasteiger partial charge >= 0.3 is 11.9 Å². The van der Waals surface area contributed by atoms with Gasteiger partial charge in [-0.05, 0) is 64.9 Å². The van der Waals surface area contributed by atoms with Crippen LogP contribution >= 0.6 is 11.8 Å². The highest BCUT2D eigenvalue weighted by molar-refractivity contribution is 8.13. The maximum Gasteiger partial charge on any atom is 0.333 e. The van der Waals surface area contributed by atoms with Gasteiger partial charge in [-0.25, -0.2) is 4.79 Å². The van der Waals surface area contributed by atoms with E-state index < -0.39 is 23.7 Å². The Kier molecular flexibility index (Phi) is 15.1. The normalized spacial score (nSPS) is 19.8. The van der Waals surface area contributed by atoms with E-state index in [1.807, 2.05) is 13.8 Å². The van der Waals surface area contributed by atoms with Crippen LogP contribution in [0.2, 0.25) is 0 Å². The fourth-order valence-electron chi connectivity index (χ4n) is 4.29. The molecule has 9 heteroatoms. The van der Waals surface area contributed by atoms with E-state index in [0.717, 1.165) is 44.3 Å². The van der Waals surface area contributed by atoms with Crippen LogP contribution in [0, 0.1) is 5.92 Å². The molecule has 0 aromatic rings. The predicted molar refractivity (Wildman–Crippen MR) is 146 cm³/mol. The van der Waals surface area contributed by atoms with Gasteiger partial charge in [0.2, 0.25) is 5.91 Å². The average Bonchev–Trinajstić information content (AvgIpc) is 2.78. The summed E-state index contributed by atoms with van der Waals surface area (Å²) in [5.74, 6) is -0.579. The molecule has 0 saturated carbocycles. The summed E-state index contributed by atoms with van der Waals surface area (Å²) in [7, 11) is 0. The van der Waals surface area contributed by atoms with Crippen LogP contribution in [0.3, 0.4) is 0 Å². The highest BCUT2D eigenvalue weighted by Gasteiger charge is 2.39. The second-order valence-electron chi connectivity index (χ2n) is 10.6. The number of esters is 2. The van der Waals surface area contributed by atoms with Crippen molar-refractivity contribution < 1.29 is 33.4 Å². The van der Waals surface area contributed by atoms with Crippen LogP contribution in [0.5, 0.6) is 0 Å². The Morgan fingerprint density at radius 2 is 1.70 bits per heavy atom. The topological polar surface area (TPSA) is 108 Å². The molecule has 37 heavy (non-hydrogen) atoms. The minimum atomic E-state index is -0.636. The van der Waals surface area contributed by atoms with Crippen LogP contribution < -0.4 is 5.32 Å². The lowest BCUT2D eigenvalue weighted by molar-refractivity contribution is -0.157. The quantitative estimate of drug-likeness (QED) is 0.225. The third-order valence-corrected chi connectivity index (χ3v) is 6.93. The van der Waals surface area contributed by atoms with Crippen LogP contribution in [-0.2, 0) is 33.4 Å². The first-order valence-corrected chi connectivity index (χ1v) is 14.5. The van der Waals surface area contributed by atoms with Gasteiger partial charge in [-0.1, -0.05) is 38.5 Å². The van der Waals surface area contributed by atoms with Crippen LogP contribution in [-0.4, -0.2) is 59.2 Å². The van der Waals surface area contributed by atoms with Crippen LogP contribution in [0.25, 0.3) is 0 Å². The van der Waals surface area contributed by atoms with Crippen LogP contribution in [0.4, 0.5) is 0 Å². The molecule has 1 unspecified atom stereocenters. The Morgan fingerprint density at radius 1 is 1.05 bits per heavy atom. The molecule has 3 atom stereocenters. The Bertz CT molecular complexity index is 786. The smallest absolute Gasteiger partial charge is 0.333 e. The summed E-state index contributed by atoms with van der Waals surface area (Å²) in [6.07, 6.45) is 6.65. The van der Waals surface area contributed by atoms with E-state index >= 15 is 0 Å². The van der Waals surface area contributed by atoms with Crippen molar-refractivity contribution in [3.63, 3.8) is 0 Å². The van der Waals surface area contributed by atoms with Crippen molar-refractivity contribution in [1.82, 2.24) is 5.32 Å². The van der Waals surface area contributed by atoms with Gasteiger partial charge < -0.3 is 19.5 Å². The van der Waals surface area contributed by atoms with E-state index in [0.29, 0.717) is 12.2 Å². The van der Waals surface area contributed by atoms with Gasteiger partial charge in [0.15, 0.2) is 5.12 Å². The molecule has 0 heterocycles. The molecule has 1 amide bonds. The summed E-state index contributed by atoms with van der Waals surface area (Å²) in [6, 6.07) is -0.463. The molecule has 212 valence electrons. The largest absolute Gasteiger partial charge is 0.462 e. The van der Waals surface area contributed by atoms with Crippen molar-refractivity contribution in [2.45, 2.75) is 124 Å². The number of carbonyl (C=O) groups is 4. The minimum absolute atomic E-state index is 0.0452. The minimum Gasteiger partial charge on any atom is -0.462 e. The monoisotopic (exact) mass is 541 g/mol. The highest BCUT2D eigenvalue weighted by atomic mass is 32.2. The van der Waals surface area contributed by atoms with Crippen molar-refractivity contribution in [2.24, 2.45) is 5.92 Å². The molecule has 0 aliphatic heterocycles. The van der Waals surface area contributed by atoms with E-state index in [2.05, 4.69) is 5.32 Å². The van der Waals surface area contributed by atoms with E-state index in [4.69, 9.17) is 14.2 Å². The van der Waals surface area contributed by atoms with Gasteiger partial charge in [-0.2, -0.15) is 0 Å². The third kappa shape index (κ3) is 14.0. The second kappa shape index (κ2) is 16.9. The van der Waals surface area contributed by atoms with Gasteiger partial charge in [0.25, 0.3) is 0 Å². The average molecular weight is 542 g/mol. The number of unbranched alkanes of at least 4 members (excludes halogenated alkanes) is 3. The lowest BCUT2D eigenvalue weighted by Crippen LogP contribution is -2.52. The Hall–Kier alpha value is -1.87. The maximum atomic E-state index is 13.0. The van der Waals surface area contributed by atoms with Crippen molar-refractivity contribution in [2.75, 3.05) is 12.4 Å². The van der Waals surface area contributed by atoms with Gasteiger partial charge in [-0.3, -0.25) is 14.4 Å². The van der Waals surface area contributed by atoms with Crippen molar-refractivity contribution >= 4 is 34.7 Å². The number of thioether (sulfide) groups is 1. The molecule has 0 radical (unpaired) electrons. The first-order valence-electron chi connectivity index (χ1n) is 13.5. The molecule has 0 aromatic carbocycles. The van der Waals surface area contributed by atoms with Gasteiger partial charge in [0, 0.05) is 25.2 Å². The fraction of sp³-hybridized carbons (Fsp3) is 0.786. The second-order valence-corrected chi connectivity index (χ2v) is 11.9. The molecule has 0 fully saturated rings. The lowest BCUT2D eigenvalue weighted by atomic mass is 9.80. The molecule has 0 saturated heterocycles. The van der Waals surface area contributed by atoms with E-state index in [1.165, 1.54) is 18.7 Å². The van der Waals surface area contributed by atoms with Crippen molar-refractivity contribution in [3.8, 4) is 0 Å². The van der Waals surface area contributed by atoms with E-state index in [-0.39, 0.29) is 41.9 Å². The van der Waals surface area contributed by atoms with Crippen molar-refractivity contribution in [3.05, 3.63) is 11.6 Å². The van der Waals surface area contributed by atoms with E-state index in [9.17, 15) is 19.2 Å². The van der Waals surface area contributed by atoms with Gasteiger partial charge in [0.1, 0.15) is 5.60 Å². The zero-order chi connectivity index (χ0) is 28.0. The lowest BCUT2D eigenvalue weighted by Gasteiger charge is -2.38. The summed E-state index contributed by atoms with van der Waals surface area (Å²) >= 11 is 1.33. The molecule has 8 nitrogen and oxygen atoms in total. The first kappa shape index (κ1) is 33.2. The van der Waals surface area contributed by atoms with Crippen LogP contribution in [0.15, 0.2) is 11.6 Å². The van der Waals surface area contributed by atoms with E-state index in [1.54, 1.807) is 33.8 Å². The number of carbonyl (C=O) groups excluding carboxylic acids is 4. The van der Waals surface area contributed by atoms with Gasteiger partial charge in [-0.15, -0.1) is 0 Å². The predicted octanol–water partition coefficient (Wildman–Crippen LogP) is 5.13. The van der Waals surface area contributed by atoms with Crippen molar-refractivity contribution in [1.29, 1.82) is 0 Å². The molecule has 1 aliphatic rings. The van der Waals surface area contributed by atoms with Crippen LogP contribution in [0.1, 0.15) is 99.8 Å². The summed E-state index contributed by atoms with van der Waals surface area (Å²) < 4.78 is 17.4. The number of hydrogen-bond donors (Lipinski definition) is 1. The Morgan fingerprint density at radius 3 is 2.27 bits per heavy atom. The molecule has 0 bridgehead atoms. The first-order chi connectivity index (χ1) is 17.4. The summed E-state index contributed by atoms with van der Waals surface area (Å²) in [5, 5.41) is 3.09.